The lowest BCUT2D eigenvalue weighted by Gasteiger charge is -2.27. The van der Waals surface area contributed by atoms with Crippen molar-refractivity contribution in [1.82, 2.24) is 0 Å². The fourth-order valence-corrected chi connectivity index (χ4v) is 3.12. The molecule has 1 aromatic rings. The second-order valence-corrected chi connectivity index (χ2v) is 6.02. The van der Waals surface area contributed by atoms with Gasteiger partial charge < -0.3 is 0 Å². The van der Waals surface area contributed by atoms with Crippen LogP contribution in [0.25, 0.3) is 0 Å². The summed E-state index contributed by atoms with van der Waals surface area (Å²) in [7, 11) is 0. The topological polar surface area (TPSA) is 0 Å². The molecule has 24 heavy (non-hydrogen) atoms. The Morgan fingerprint density at radius 3 is 2.00 bits per heavy atom. The van der Waals surface area contributed by atoms with Crippen molar-refractivity contribution in [3.63, 3.8) is 0 Å². The molecule has 0 saturated heterocycles. The van der Waals surface area contributed by atoms with E-state index in [1.807, 2.05) is 0 Å². The van der Waals surface area contributed by atoms with Gasteiger partial charge >= 0.3 is 6.18 Å². The number of alkyl halides is 5. The molecule has 1 fully saturated rings. The molecule has 0 heterocycles. The van der Waals surface area contributed by atoms with E-state index in [-0.39, 0.29) is 23.8 Å². The summed E-state index contributed by atoms with van der Waals surface area (Å²) in [6, 6.07) is 1.51. The molecule has 0 unspecified atom stereocenters. The zero-order valence-corrected chi connectivity index (χ0v) is 12.7. The van der Waals surface area contributed by atoms with Crippen molar-refractivity contribution in [2.45, 2.75) is 50.6 Å². The maximum absolute atomic E-state index is 13.6. The molecule has 0 spiro atoms. The molecular weight excluding hydrogens is 337 g/mol. The van der Waals surface area contributed by atoms with E-state index in [1.165, 1.54) is 6.08 Å². The summed E-state index contributed by atoms with van der Waals surface area (Å²) in [6.07, 6.45) is -2.24. The highest BCUT2D eigenvalue weighted by Gasteiger charge is 2.38. The Balaban J connectivity index is 2.03. The first kappa shape index (κ1) is 18.8. The number of allylic oxidation sites excluding steroid dienone is 2. The average Bonchev–Trinajstić information content (AvgIpc) is 2.45. The van der Waals surface area contributed by atoms with Gasteiger partial charge in [0.2, 0.25) is 6.43 Å². The van der Waals surface area contributed by atoms with Crippen molar-refractivity contribution in [3.05, 3.63) is 47.0 Å². The summed E-state index contributed by atoms with van der Waals surface area (Å²) in [5.74, 6) is -3.31. The van der Waals surface area contributed by atoms with Crippen LogP contribution in [0.5, 0.6) is 0 Å². The van der Waals surface area contributed by atoms with Crippen LogP contribution in [0.4, 0.5) is 30.7 Å². The third-order valence-corrected chi connectivity index (χ3v) is 4.31. The summed E-state index contributed by atoms with van der Waals surface area (Å²) in [5, 5.41) is 0. The van der Waals surface area contributed by atoms with Gasteiger partial charge in [0.1, 0.15) is 17.2 Å². The molecule has 0 bridgehead atoms. The first-order valence-corrected chi connectivity index (χ1v) is 7.69. The van der Waals surface area contributed by atoms with Crippen LogP contribution in [0.2, 0.25) is 0 Å². The molecule has 1 aliphatic rings. The summed E-state index contributed by atoms with van der Waals surface area (Å²) in [6.45, 7) is 0. The summed E-state index contributed by atoms with van der Waals surface area (Å²) >= 11 is 0. The van der Waals surface area contributed by atoms with Crippen molar-refractivity contribution < 1.29 is 30.7 Å². The number of hydrogen-bond donors (Lipinski definition) is 0. The molecule has 0 N–H and O–H groups in total. The maximum atomic E-state index is 13.6. The third-order valence-electron chi connectivity index (χ3n) is 4.31. The molecule has 2 rings (SSSR count). The highest BCUT2D eigenvalue weighted by Crippen LogP contribution is 2.40. The van der Waals surface area contributed by atoms with Crippen LogP contribution in [0.3, 0.4) is 0 Å². The minimum absolute atomic E-state index is 0.115. The van der Waals surface area contributed by atoms with Gasteiger partial charge in [-0.15, -0.1) is 0 Å². The quantitative estimate of drug-likeness (QED) is 0.429. The monoisotopic (exact) mass is 354 g/mol. The van der Waals surface area contributed by atoms with Gasteiger partial charge in [-0.1, -0.05) is 12.2 Å². The zero-order valence-electron chi connectivity index (χ0n) is 12.7. The SMILES string of the molecule is Fc1cc(C2CCC(/C=C/CC(F)F)CC2)cc(F)c1C(F)(F)F. The summed E-state index contributed by atoms with van der Waals surface area (Å²) < 4.78 is 89.1. The highest BCUT2D eigenvalue weighted by atomic mass is 19.4. The third kappa shape index (κ3) is 4.74. The predicted molar refractivity (Wildman–Crippen MR) is 75.8 cm³/mol. The van der Waals surface area contributed by atoms with E-state index in [2.05, 4.69) is 0 Å². The molecule has 0 atom stereocenters. The molecular formula is C17H17F7. The molecule has 1 aromatic carbocycles. The summed E-state index contributed by atoms with van der Waals surface area (Å²) in [5.41, 5.74) is -1.65. The Morgan fingerprint density at radius 1 is 1.00 bits per heavy atom. The molecule has 0 aromatic heterocycles. The molecule has 1 saturated carbocycles. The second-order valence-electron chi connectivity index (χ2n) is 6.02. The normalized spacial score (nSPS) is 22.5. The van der Waals surface area contributed by atoms with E-state index in [0.29, 0.717) is 25.7 Å². The Kier molecular flexibility index (Phi) is 5.93. The maximum Gasteiger partial charge on any atom is 0.422 e. The van der Waals surface area contributed by atoms with Gasteiger partial charge in [-0.25, -0.2) is 17.6 Å². The van der Waals surface area contributed by atoms with Crippen LogP contribution < -0.4 is 0 Å². The lowest BCUT2D eigenvalue weighted by molar-refractivity contribution is -0.142. The van der Waals surface area contributed by atoms with Crippen molar-refractivity contribution in [2.24, 2.45) is 5.92 Å². The van der Waals surface area contributed by atoms with Crippen molar-refractivity contribution >= 4 is 0 Å². The van der Waals surface area contributed by atoms with Crippen LogP contribution in [-0.4, -0.2) is 6.43 Å². The van der Waals surface area contributed by atoms with Crippen molar-refractivity contribution in [2.75, 3.05) is 0 Å². The minimum Gasteiger partial charge on any atom is -0.210 e. The largest absolute Gasteiger partial charge is 0.422 e. The molecule has 0 nitrogen and oxygen atoms in total. The fraction of sp³-hybridized carbons (Fsp3) is 0.529. The summed E-state index contributed by atoms with van der Waals surface area (Å²) in [4.78, 5) is 0. The van der Waals surface area contributed by atoms with E-state index in [1.54, 1.807) is 6.08 Å². The Labute approximate surface area is 135 Å². The van der Waals surface area contributed by atoms with Crippen LogP contribution in [0, 0.1) is 17.6 Å². The van der Waals surface area contributed by atoms with Gasteiger partial charge in [0, 0.05) is 6.42 Å². The minimum atomic E-state index is -5.07. The van der Waals surface area contributed by atoms with E-state index in [0.717, 1.165) is 12.1 Å². The van der Waals surface area contributed by atoms with Crippen LogP contribution >= 0.6 is 0 Å². The number of halogens is 7. The van der Waals surface area contributed by atoms with E-state index in [9.17, 15) is 30.7 Å². The first-order chi connectivity index (χ1) is 11.2. The van der Waals surface area contributed by atoms with E-state index < -0.39 is 29.8 Å². The predicted octanol–water partition coefficient (Wildman–Crippen LogP) is 6.47. The average molecular weight is 354 g/mol. The number of hydrogen-bond acceptors (Lipinski definition) is 0. The molecule has 0 aliphatic heterocycles. The molecule has 134 valence electrons. The zero-order chi connectivity index (χ0) is 17.9. The Morgan fingerprint density at radius 2 is 1.54 bits per heavy atom. The smallest absolute Gasteiger partial charge is 0.210 e. The van der Waals surface area contributed by atoms with Crippen LogP contribution in [0.1, 0.15) is 49.1 Å². The van der Waals surface area contributed by atoms with Crippen molar-refractivity contribution in [3.8, 4) is 0 Å². The van der Waals surface area contributed by atoms with Gasteiger partial charge in [0.05, 0.1) is 0 Å². The van der Waals surface area contributed by atoms with E-state index >= 15 is 0 Å². The Hall–Kier alpha value is -1.53. The van der Waals surface area contributed by atoms with E-state index in [4.69, 9.17) is 0 Å². The fourth-order valence-electron chi connectivity index (χ4n) is 3.12. The number of rotatable bonds is 4. The second kappa shape index (κ2) is 7.57. The first-order valence-electron chi connectivity index (χ1n) is 7.69. The lowest BCUT2D eigenvalue weighted by Crippen LogP contribution is -2.15. The van der Waals surface area contributed by atoms with Crippen molar-refractivity contribution in [1.29, 1.82) is 0 Å². The van der Waals surface area contributed by atoms with Crippen LogP contribution in [0.15, 0.2) is 24.3 Å². The lowest BCUT2D eigenvalue weighted by atomic mass is 9.78. The van der Waals surface area contributed by atoms with Gasteiger partial charge in [0.25, 0.3) is 0 Å². The standard InChI is InChI=1S/C17H17F7/c18-13-8-12(9-14(19)16(13)17(22,23)24)11-6-4-10(5-7-11)2-1-3-15(20)21/h1-2,8-11,15H,3-7H2/b2-1+. The van der Waals surface area contributed by atoms with Gasteiger partial charge in [0.15, 0.2) is 0 Å². The molecule has 0 radical (unpaired) electrons. The Bertz CT molecular complexity index is 558. The van der Waals surface area contributed by atoms with Gasteiger partial charge in [-0.2, -0.15) is 13.2 Å². The molecule has 7 heteroatoms. The highest BCUT2D eigenvalue weighted by molar-refractivity contribution is 5.30. The number of benzene rings is 1. The molecule has 1 aliphatic carbocycles. The van der Waals surface area contributed by atoms with Gasteiger partial charge in [-0.05, 0) is 55.2 Å². The van der Waals surface area contributed by atoms with Gasteiger partial charge in [-0.3, -0.25) is 0 Å². The molecule has 0 amide bonds. The van der Waals surface area contributed by atoms with Crippen LogP contribution in [-0.2, 0) is 6.18 Å².